The van der Waals surface area contributed by atoms with Gasteiger partial charge >= 0.3 is 0 Å². The molecule has 1 saturated heterocycles. The van der Waals surface area contributed by atoms with Crippen molar-refractivity contribution in [3.05, 3.63) is 65.2 Å². The van der Waals surface area contributed by atoms with Gasteiger partial charge in [0.05, 0.1) is 24.4 Å². The van der Waals surface area contributed by atoms with E-state index >= 15 is 0 Å². The highest BCUT2D eigenvalue weighted by Gasteiger charge is 2.40. The fourth-order valence-corrected chi connectivity index (χ4v) is 5.15. The molecule has 2 N–H and O–H groups in total. The maximum absolute atomic E-state index is 13.2. The first kappa shape index (κ1) is 18.1. The van der Waals surface area contributed by atoms with Gasteiger partial charge < -0.3 is 20.1 Å². The van der Waals surface area contributed by atoms with Crippen molar-refractivity contribution >= 4 is 11.6 Å². The zero-order valence-electron chi connectivity index (χ0n) is 16.6. The number of para-hydroxylation sites is 2. The number of rotatable bonds is 3. The lowest BCUT2D eigenvalue weighted by atomic mass is 9.76. The monoisotopic (exact) mass is 390 g/mol. The van der Waals surface area contributed by atoms with Gasteiger partial charge in [-0.3, -0.25) is 4.79 Å². The quantitative estimate of drug-likeness (QED) is 0.760. The highest BCUT2D eigenvalue weighted by Crippen LogP contribution is 2.52. The van der Waals surface area contributed by atoms with E-state index in [9.17, 15) is 9.90 Å². The summed E-state index contributed by atoms with van der Waals surface area (Å²) in [5.74, 6) is 1.26. The highest BCUT2D eigenvalue weighted by atomic mass is 16.5. The normalized spacial score (nSPS) is 24.7. The van der Waals surface area contributed by atoms with Crippen molar-refractivity contribution in [3.8, 4) is 11.5 Å². The largest absolute Gasteiger partial charge is 0.504 e. The van der Waals surface area contributed by atoms with Gasteiger partial charge in [0.1, 0.15) is 0 Å². The molecule has 1 aliphatic carbocycles. The summed E-state index contributed by atoms with van der Waals surface area (Å²) in [5.41, 5.74) is 3.63. The number of anilines is 1. The number of carbonyl (C=O) groups is 1. The van der Waals surface area contributed by atoms with Gasteiger partial charge in [-0.25, -0.2) is 0 Å². The third kappa shape index (κ3) is 2.87. The zero-order chi connectivity index (χ0) is 20.0. The van der Waals surface area contributed by atoms with E-state index in [1.165, 1.54) is 5.56 Å². The molecule has 2 heterocycles. The Morgan fingerprint density at radius 2 is 1.90 bits per heavy atom. The van der Waals surface area contributed by atoms with Crippen LogP contribution in [-0.4, -0.2) is 36.1 Å². The molecule has 5 heteroatoms. The number of benzene rings is 2. The SMILES string of the molecule is COc1cccc(C2Nc3c(C(=O)N4CCCC4)cccc3C3C=CCC32)c1O. The average molecular weight is 390 g/mol. The van der Waals surface area contributed by atoms with E-state index in [1.807, 2.05) is 29.2 Å². The van der Waals surface area contributed by atoms with Crippen LogP contribution in [0.4, 0.5) is 5.69 Å². The molecule has 2 aromatic rings. The Morgan fingerprint density at radius 1 is 1.14 bits per heavy atom. The molecule has 29 heavy (non-hydrogen) atoms. The Hall–Kier alpha value is -2.95. The van der Waals surface area contributed by atoms with Gasteiger partial charge in [-0.15, -0.1) is 0 Å². The molecule has 1 fully saturated rings. The minimum Gasteiger partial charge on any atom is -0.504 e. The summed E-state index contributed by atoms with van der Waals surface area (Å²) < 4.78 is 5.33. The minimum atomic E-state index is -0.0925. The highest BCUT2D eigenvalue weighted by molar-refractivity contribution is 6.01. The topological polar surface area (TPSA) is 61.8 Å². The number of allylic oxidation sites excluding steroid dienone is 2. The van der Waals surface area contributed by atoms with Crippen molar-refractivity contribution in [3.63, 3.8) is 0 Å². The number of methoxy groups -OCH3 is 1. The van der Waals surface area contributed by atoms with Crippen molar-refractivity contribution < 1.29 is 14.6 Å². The van der Waals surface area contributed by atoms with Gasteiger partial charge in [0, 0.05) is 24.6 Å². The van der Waals surface area contributed by atoms with Crippen LogP contribution in [-0.2, 0) is 0 Å². The van der Waals surface area contributed by atoms with E-state index in [1.54, 1.807) is 13.2 Å². The number of ether oxygens (including phenoxy) is 1. The van der Waals surface area contributed by atoms with E-state index < -0.39 is 0 Å². The summed E-state index contributed by atoms with van der Waals surface area (Å²) >= 11 is 0. The molecule has 0 saturated carbocycles. The van der Waals surface area contributed by atoms with Crippen LogP contribution in [0.1, 0.15) is 52.7 Å². The minimum absolute atomic E-state index is 0.0925. The van der Waals surface area contributed by atoms with E-state index in [4.69, 9.17) is 4.74 Å². The Labute approximate surface area is 171 Å². The van der Waals surface area contributed by atoms with Crippen LogP contribution in [0, 0.1) is 5.92 Å². The average Bonchev–Trinajstić information content (AvgIpc) is 3.45. The first-order chi connectivity index (χ1) is 14.2. The predicted molar refractivity (Wildman–Crippen MR) is 113 cm³/mol. The van der Waals surface area contributed by atoms with Crippen molar-refractivity contribution in [1.29, 1.82) is 0 Å². The standard InChI is InChI=1S/C24H26N2O3/c1-29-20-12-6-10-18(23(20)27)21-16-8-4-7-15(16)17-9-5-11-19(22(17)25-21)24(28)26-13-2-3-14-26/h4-7,9-12,15-16,21,25,27H,2-3,8,13-14H2,1H3. The smallest absolute Gasteiger partial charge is 0.255 e. The van der Waals surface area contributed by atoms with Gasteiger partial charge in [0.25, 0.3) is 5.91 Å². The molecule has 150 valence electrons. The Morgan fingerprint density at radius 3 is 2.69 bits per heavy atom. The second-order valence-corrected chi connectivity index (χ2v) is 8.14. The lowest BCUT2D eigenvalue weighted by molar-refractivity contribution is 0.0793. The molecule has 5 rings (SSSR count). The van der Waals surface area contributed by atoms with Crippen molar-refractivity contribution in [2.75, 3.05) is 25.5 Å². The molecule has 2 aliphatic heterocycles. The number of aromatic hydroxyl groups is 1. The summed E-state index contributed by atoms with van der Waals surface area (Å²) in [6.07, 6.45) is 7.54. The van der Waals surface area contributed by atoms with Gasteiger partial charge in [0.2, 0.25) is 0 Å². The van der Waals surface area contributed by atoms with Gasteiger partial charge in [-0.1, -0.05) is 36.4 Å². The summed E-state index contributed by atoms with van der Waals surface area (Å²) in [7, 11) is 1.56. The van der Waals surface area contributed by atoms with Gasteiger partial charge in [0.15, 0.2) is 11.5 Å². The molecule has 0 aromatic heterocycles. The molecule has 3 atom stereocenters. The van der Waals surface area contributed by atoms with Crippen LogP contribution >= 0.6 is 0 Å². The fraction of sp³-hybridized carbons (Fsp3) is 0.375. The maximum atomic E-state index is 13.2. The number of carbonyl (C=O) groups excluding carboxylic acids is 1. The van der Waals surface area contributed by atoms with Crippen LogP contribution in [0.25, 0.3) is 0 Å². The van der Waals surface area contributed by atoms with Crippen LogP contribution in [0.15, 0.2) is 48.6 Å². The molecular formula is C24H26N2O3. The summed E-state index contributed by atoms with van der Waals surface area (Å²) in [6, 6.07) is 11.6. The van der Waals surface area contributed by atoms with E-state index in [0.29, 0.717) is 5.75 Å². The van der Waals surface area contributed by atoms with Crippen molar-refractivity contribution in [1.82, 2.24) is 4.90 Å². The number of fused-ring (bicyclic) bond motifs is 3. The molecule has 3 unspecified atom stereocenters. The molecule has 3 aliphatic rings. The fourth-order valence-electron chi connectivity index (χ4n) is 5.15. The van der Waals surface area contributed by atoms with Crippen LogP contribution in [0.3, 0.4) is 0 Å². The maximum Gasteiger partial charge on any atom is 0.255 e. The Kier molecular flexibility index (Phi) is 4.46. The third-order valence-electron chi connectivity index (χ3n) is 6.61. The molecule has 2 aromatic carbocycles. The number of phenols is 1. The lowest BCUT2D eigenvalue weighted by Gasteiger charge is -2.39. The molecule has 0 bridgehead atoms. The zero-order valence-corrected chi connectivity index (χ0v) is 16.6. The summed E-state index contributed by atoms with van der Waals surface area (Å²) in [5, 5.41) is 14.4. The summed E-state index contributed by atoms with van der Waals surface area (Å²) in [6.45, 7) is 1.66. The number of amides is 1. The molecular weight excluding hydrogens is 364 g/mol. The number of likely N-dealkylation sites (tertiary alicyclic amines) is 1. The van der Waals surface area contributed by atoms with Crippen molar-refractivity contribution in [2.24, 2.45) is 5.92 Å². The molecule has 0 spiro atoms. The Bertz CT molecular complexity index is 978. The van der Waals surface area contributed by atoms with Crippen LogP contribution < -0.4 is 10.1 Å². The second-order valence-electron chi connectivity index (χ2n) is 8.14. The Balaban J connectivity index is 1.60. The van der Waals surface area contributed by atoms with Crippen LogP contribution in [0.5, 0.6) is 11.5 Å². The molecule has 5 nitrogen and oxygen atoms in total. The van der Waals surface area contributed by atoms with Crippen molar-refractivity contribution in [2.45, 2.75) is 31.2 Å². The number of hydrogen-bond acceptors (Lipinski definition) is 4. The first-order valence-corrected chi connectivity index (χ1v) is 10.4. The van der Waals surface area contributed by atoms with E-state index in [0.717, 1.165) is 49.2 Å². The van der Waals surface area contributed by atoms with Gasteiger partial charge in [-0.05, 0) is 42.9 Å². The van der Waals surface area contributed by atoms with E-state index in [-0.39, 0.29) is 29.5 Å². The lowest BCUT2D eigenvalue weighted by Crippen LogP contribution is -2.33. The summed E-state index contributed by atoms with van der Waals surface area (Å²) in [4.78, 5) is 15.2. The third-order valence-corrected chi connectivity index (χ3v) is 6.61. The molecule has 0 radical (unpaired) electrons. The predicted octanol–water partition coefficient (Wildman–Crippen LogP) is 4.46. The number of nitrogens with one attached hydrogen (secondary N) is 1. The van der Waals surface area contributed by atoms with Crippen LogP contribution in [0.2, 0.25) is 0 Å². The first-order valence-electron chi connectivity index (χ1n) is 10.4. The van der Waals surface area contributed by atoms with E-state index in [2.05, 4.69) is 23.5 Å². The number of phenolic OH excluding ortho intramolecular Hbond substituents is 1. The van der Waals surface area contributed by atoms with Gasteiger partial charge in [-0.2, -0.15) is 0 Å². The molecule has 1 amide bonds. The second kappa shape index (κ2) is 7.14. The number of nitrogens with zero attached hydrogens (tertiary/aromatic N) is 1. The number of hydrogen-bond donors (Lipinski definition) is 2.